The summed E-state index contributed by atoms with van der Waals surface area (Å²) in [5.41, 5.74) is 1.37. The fraction of sp³-hybridized carbons (Fsp3) is 0.474. The first-order chi connectivity index (χ1) is 9.86. The Morgan fingerprint density at radius 1 is 0.950 bits per heavy atom. The molecule has 0 amide bonds. The van der Waals surface area contributed by atoms with Crippen LogP contribution in [0.4, 0.5) is 0 Å². The van der Waals surface area contributed by atoms with Crippen molar-refractivity contribution in [3.05, 3.63) is 61.2 Å². The van der Waals surface area contributed by atoms with E-state index in [4.69, 9.17) is 0 Å². The average Bonchev–Trinajstić information content (AvgIpc) is 2.47. The summed E-state index contributed by atoms with van der Waals surface area (Å²) in [4.78, 5) is 0. The molecule has 0 unspecified atom stereocenters. The summed E-state index contributed by atoms with van der Waals surface area (Å²) in [7, 11) is 0. The van der Waals surface area contributed by atoms with Gasteiger partial charge in [-0.25, -0.2) is 0 Å². The largest absolute Gasteiger partial charge is 0.313 e. The molecule has 0 atom stereocenters. The van der Waals surface area contributed by atoms with Gasteiger partial charge in [-0.15, -0.1) is 13.2 Å². The van der Waals surface area contributed by atoms with E-state index in [1.54, 1.807) is 0 Å². The van der Waals surface area contributed by atoms with Gasteiger partial charge >= 0.3 is 0 Å². The molecule has 0 aliphatic rings. The summed E-state index contributed by atoms with van der Waals surface area (Å²) < 4.78 is 0. The fourth-order valence-electron chi connectivity index (χ4n) is 2.49. The molecule has 0 saturated carbocycles. The average molecular weight is 271 g/mol. The van der Waals surface area contributed by atoms with E-state index >= 15 is 0 Å². The van der Waals surface area contributed by atoms with E-state index in [1.165, 1.54) is 31.2 Å². The monoisotopic (exact) mass is 271 g/mol. The maximum Gasteiger partial charge on any atom is 0.0205 e. The van der Waals surface area contributed by atoms with Crippen molar-refractivity contribution in [3.8, 4) is 0 Å². The van der Waals surface area contributed by atoms with Gasteiger partial charge in [0.25, 0.3) is 0 Å². The molecule has 1 aromatic carbocycles. The van der Waals surface area contributed by atoms with Crippen molar-refractivity contribution in [2.45, 2.75) is 45.1 Å². The Bertz CT molecular complexity index is 345. The van der Waals surface area contributed by atoms with Gasteiger partial charge in [-0.2, -0.15) is 0 Å². The van der Waals surface area contributed by atoms with Crippen LogP contribution in [0.15, 0.2) is 55.6 Å². The van der Waals surface area contributed by atoms with E-state index in [9.17, 15) is 0 Å². The third-order valence-corrected chi connectivity index (χ3v) is 3.64. The highest BCUT2D eigenvalue weighted by molar-refractivity contribution is 5.14. The lowest BCUT2D eigenvalue weighted by Crippen LogP contribution is -2.14. The highest BCUT2D eigenvalue weighted by Gasteiger charge is 2.04. The molecule has 1 heteroatoms. The zero-order valence-electron chi connectivity index (χ0n) is 12.7. The molecule has 0 aliphatic heterocycles. The molecule has 1 rings (SSSR count). The van der Waals surface area contributed by atoms with Crippen LogP contribution >= 0.6 is 0 Å². The molecule has 1 aromatic rings. The van der Waals surface area contributed by atoms with Crippen molar-refractivity contribution in [3.63, 3.8) is 0 Å². The lowest BCUT2D eigenvalue weighted by atomic mass is 9.94. The molecular formula is C19H29N. The van der Waals surface area contributed by atoms with Crippen molar-refractivity contribution < 1.29 is 0 Å². The molecule has 0 saturated heterocycles. The molecular weight excluding hydrogens is 242 g/mol. The van der Waals surface area contributed by atoms with Crippen LogP contribution in [0.25, 0.3) is 0 Å². The molecule has 0 aliphatic carbocycles. The predicted molar refractivity (Wildman–Crippen MR) is 89.7 cm³/mol. The highest BCUT2D eigenvalue weighted by Crippen LogP contribution is 2.18. The standard InChI is InChI=1S/C19H29N/c1-3-11-18(12-4-2)13-9-6-10-16-20-17-19-14-7-5-8-15-19/h3-5,7-8,14-15,18,20H,1-2,6,9-13,16-17H2. The Labute approximate surface area is 124 Å². The topological polar surface area (TPSA) is 12.0 Å². The van der Waals surface area contributed by atoms with E-state index in [2.05, 4.69) is 48.8 Å². The minimum atomic E-state index is 0.752. The summed E-state index contributed by atoms with van der Waals surface area (Å²) in [6.07, 6.45) is 11.5. The number of hydrogen-bond donors (Lipinski definition) is 1. The molecule has 0 radical (unpaired) electrons. The SMILES string of the molecule is C=CCC(CC=C)CCCCCNCc1ccccc1. The Morgan fingerprint density at radius 2 is 1.65 bits per heavy atom. The third kappa shape index (κ3) is 7.96. The van der Waals surface area contributed by atoms with Crippen LogP contribution in [0.5, 0.6) is 0 Å². The van der Waals surface area contributed by atoms with Gasteiger partial charge in [-0.1, -0.05) is 55.3 Å². The summed E-state index contributed by atoms with van der Waals surface area (Å²) in [6, 6.07) is 10.6. The van der Waals surface area contributed by atoms with Gasteiger partial charge in [-0.05, 0) is 43.7 Å². The molecule has 1 nitrogen and oxygen atoms in total. The quantitative estimate of drug-likeness (QED) is 0.412. The van der Waals surface area contributed by atoms with Crippen LogP contribution in [-0.2, 0) is 6.54 Å². The van der Waals surface area contributed by atoms with Gasteiger partial charge in [0, 0.05) is 6.54 Å². The van der Waals surface area contributed by atoms with E-state index in [0.29, 0.717) is 0 Å². The van der Waals surface area contributed by atoms with Gasteiger partial charge in [0.2, 0.25) is 0 Å². The first kappa shape index (κ1) is 16.7. The number of rotatable bonds is 12. The molecule has 0 bridgehead atoms. The predicted octanol–water partition coefficient (Wildman–Crippen LogP) is 5.11. The molecule has 20 heavy (non-hydrogen) atoms. The van der Waals surface area contributed by atoms with E-state index < -0.39 is 0 Å². The van der Waals surface area contributed by atoms with Crippen molar-refractivity contribution in [2.24, 2.45) is 5.92 Å². The smallest absolute Gasteiger partial charge is 0.0205 e. The first-order valence-corrected chi connectivity index (χ1v) is 7.83. The maximum absolute atomic E-state index is 3.84. The fourth-order valence-corrected chi connectivity index (χ4v) is 2.49. The molecule has 0 heterocycles. The van der Waals surface area contributed by atoms with Crippen molar-refractivity contribution >= 4 is 0 Å². The Balaban J connectivity index is 1.98. The zero-order chi connectivity index (χ0) is 14.5. The summed E-state index contributed by atoms with van der Waals surface area (Å²) >= 11 is 0. The van der Waals surface area contributed by atoms with Gasteiger partial charge in [-0.3, -0.25) is 0 Å². The summed E-state index contributed by atoms with van der Waals surface area (Å²) in [5, 5.41) is 3.51. The highest BCUT2D eigenvalue weighted by atomic mass is 14.8. The number of nitrogens with one attached hydrogen (secondary N) is 1. The summed E-state index contributed by atoms with van der Waals surface area (Å²) in [5.74, 6) is 0.752. The number of hydrogen-bond acceptors (Lipinski definition) is 1. The second-order valence-electron chi connectivity index (χ2n) is 5.43. The van der Waals surface area contributed by atoms with E-state index in [-0.39, 0.29) is 0 Å². The van der Waals surface area contributed by atoms with Crippen LogP contribution in [0.1, 0.15) is 44.1 Å². The van der Waals surface area contributed by atoms with Gasteiger partial charge < -0.3 is 5.32 Å². The molecule has 1 N–H and O–H groups in total. The minimum absolute atomic E-state index is 0.752. The van der Waals surface area contributed by atoms with Crippen LogP contribution in [-0.4, -0.2) is 6.54 Å². The number of benzene rings is 1. The van der Waals surface area contributed by atoms with Crippen molar-refractivity contribution in [1.82, 2.24) is 5.32 Å². The lowest BCUT2D eigenvalue weighted by molar-refractivity contribution is 0.460. The zero-order valence-corrected chi connectivity index (χ0v) is 12.7. The Morgan fingerprint density at radius 3 is 2.30 bits per heavy atom. The van der Waals surface area contributed by atoms with Gasteiger partial charge in [0.1, 0.15) is 0 Å². The summed E-state index contributed by atoms with van der Waals surface area (Å²) in [6.45, 7) is 9.77. The molecule has 0 fully saturated rings. The minimum Gasteiger partial charge on any atom is -0.313 e. The van der Waals surface area contributed by atoms with Crippen molar-refractivity contribution in [1.29, 1.82) is 0 Å². The van der Waals surface area contributed by atoms with Crippen LogP contribution in [0, 0.1) is 5.92 Å². The lowest BCUT2D eigenvalue weighted by Gasteiger charge is -2.12. The Hall–Kier alpha value is -1.34. The number of allylic oxidation sites excluding steroid dienone is 2. The maximum atomic E-state index is 3.84. The van der Waals surface area contributed by atoms with E-state index in [0.717, 1.165) is 31.8 Å². The molecule has 110 valence electrons. The normalized spacial score (nSPS) is 10.7. The van der Waals surface area contributed by atoms with Crippen molar-refractivity contribution in [2.75, 3.05) is 6.54 Å². The Kier molecular flexibility index (Phi) is 9.60. The molecule has 0 spiro atoms. The second-order valence-corrected chi connectivity index (χ2v) is 5.43. The van der Waals surface area contributed by atoms with Crippen LogP contribution < -0.4 is 5.32 Å². The number of unbranched alkanes of at least 4 members (excludes halogenated alkanes) is 2. The first-order valence-electron chi connectivity index (χ1n) is 7.83. The van der Waals surface area contributed by atoms with Gasteiger partial charge in [0.05, 0.1) is 0 Å². The van der Waals surface area contributed by atoms with Crippen LogP contribution in [0.3, 0.4) is 0 Å². The molecule has 0 aromatic heterocycles. The second kappa shape index (κ2) is 11.5. The van der Waals surface area contributed by atoms with E-state index in [1.807, 2.05) is 12.2 Å². The van der Waals surface area contributed by atoms with Crippen LogP contribution in [0.2, 0.25) is 0 Å². The third-order valence-electron chi connectivity index (χ3n) is 3.64. The van der Waals surface area contributed by atoms with Gasteiger partial charge in [0.15, 0.2) is 0 Å².